The molecule has 0 saturated carbocycles. The number of ether oxygens (including phenoxy) is 4. The van der Waals surface area contributed by atoms with Crippen molar-refractivity contribution in [3.63, 3.8) is 0 Å². The van der Waals surface area contributed by atoms with Gasteiger partial charge in [0, 0.05) is 7.05 Å². The lowest BCUT2D eigenvalue weighted by atomic mass is 9.80. The molecule has 26 heavy (non-hydrogen) atoms. The van der Waals surface area contributed by atoms with E-state index in [1.54, 1.807) is 27.7 Å². The van der Waals surface area contributed by atoms with Crippen LogP contribution in [0.5, 0.6) is 0 Å². The normalized spacial score (nSPS) is 22.2. The average Bonchev–Trinajstić information content (AvgIpc) is 2.86. The van der Waals surface area contributed by atoms with Gasteiger partial charge in [0.2, 0.25) is 0 Å². The number of hydrogen-bond acceptors (Lipinski definition) is 10. The van der Waals surface area contributed by atoms with E-state index in [9.17, 15) is 19.2 Å². The van der Waals surface area contributed by atoms with Crippen molar-refractivity contribution >= 4 is 23.9 Å². The Morgan fingerprint density at radius 1 is 0.885 bits per heavy atom. The van der Waals surface area contributed by atoms with Gasteiger partial charge in [-0.05, 0) is 27.7 Å². The zero-order chi connectivity index (χ0) is 20.2. The van der Waals surface area contributed by atoms with Crippen LogP contribution in [-0.2, 0) is 43.0 Å². The van der Waals surface area contributed by atoms with Crippen molar-refractivity contribution in [3.05, 3.63) is 0 Å². The number of carbonyl (C=O) groups excluding carboxylic acids is 4. The molecule has 0 aromatic carbocycles. The Morgan fingerprint density at radius 2 is 1.31 bits per heavy atom. The third-order valence-corrected chi connectivity index (χ3v) is 3.70. The number of rotatable bonds is 6. The zero-order valence-corrected chi connectivity index (χ0v) is 15.9. The quantitative estimate of drug-likeness (QED) is 0.352. The van der Waals surface area contributed by atoms with Crippen LogP contribution in [-0.4, -0.2) is 74.1 Å². The topological polar surface area (TPSA) is 118 Å². The molecule has 0 radical (unpaired) electrons. The van der Waals surface area contributed by atoms with Crippen LogP contribution in [0.3, 0.4) is 0 Å². The first-order chi connectivity index (χ1) is 12.0. The van der Waals surface area contributed by atoms with E-state index in [4.69, 9.17) is 23.8 Å². The highest BCUT2D eigenvalue weighted by molar-refractivity contribution is 6.10. The molecular weight excluding hydrogens is 350 g/mol. The molecule has 1 saturated heterocycles. The zero-order valence-electron chi connectivity index (χ0n) is 15.9. The number of likely N-dealkylation sites (N-methyl/N-ethyl adjacent to an activating group) is 1. The Bertz CT molecular complexity index is 556. The average molecular weight is 375 g/mol. The number of esters is 4. The standard InChI is InChI=1S/C16H25NO9/c1-8(2)24-12(18)10-11(13(19)25-9(3)4)26-17(5)16(10,14(20)22-6)15(21)23-7/h8-11H,1-7H3. The largest absolute Gasteiger partial charge is 0.467 e. The Balaban J connectivity index is 3.53. The SMILES string of the molecule is COC(=O)C1(C(=O)OC)C(C(=O)OC(C)C)C(C(=O)OC(C)C)ON1C. The predicted molar refractivity (Wildman–Crippen MR) is 85.3 cm³/mol. The van der Waals surface area contributed by atoms with Crippen LogP contribution in [0.4, 0.5) is 0 Å². The van der Waals surface area contributed by atoms with E-state index in [1.807, 2.05) is 0 Å². The van der Waals surface area contributed by atoms with Gasteiger partial charge < -0.3 is 18.9 Å². The minimum absolute atomic E-state index is 0.510. The van der Waals surface area contributed by atoms with Crippen molar-refractivity contribution in [2.75, 3.05) is 21.3 Å². The monoisotopic (exact) mass is 375 g/mol. The number of methoxy groups -OCH3 is 2. The van der Waals surface area contributed by atoms with Gasteiger partial charge in [-0.1, -0.05) is 0 Å². The molecule has 148 valence electrons. The molecule has 0 N–H and O–H groups in total. The van der Waals surface area contributed by atoms with Gasteiger partial charge in [0.05, 0.1) is 26.4 Å². The van der Waals surface area contributed by atoms with Crippen molar-refractivity contribution in [3.8, 4) is 0 Å². The fourth-order valence-corrected chi connectivity index (χ4v) is 2.71. The number of carbonyl (C=O) groups is 4. The summed E-state index contributed by atoms with van der Waals surface area (Å²) >= 11 is 0. The van der Waals surface area contributed by atoms with Gasteiger partial charge in [-0.25, -0.2) is 14.4 Å². The summed E-state index contributed by atoms with van der Waals surface area (Å²) in [5.74, 6) is -5.85. The molecule has 2 unspecified atom stereocenters. The van der Waals surface area contributed by atoms with Crippen LogP contribution in [0.25, 0.3) is 0 Å². The fraction of sp³-hybridized carbons (Fsp3) is 0.750. The summed E-state index contributed by atoms with van der Waals surface area (Å²) in [6, 6.07) is 0. The Morgan fingerprint density at radius 3 is 1.69 bits per heavy atom. The second kappa shape index (κ2) is 8.45. The molecule has 1 fully saturated rings. The highest BCUT2D eigenvalue weighted by Crippen LogP contribution is 2.40. The highest BCUT2D eigenvalue weighted by atomic mass is 16.7. The van der Waals surface area contributed by atoms with Gasteiger partial charge in [0.25, 0.3) is 5.54 Å². The molecule has 0 aromatic heterocycles. The molecular formula is C16H25NO9. The minimum atomic E-state index is -2.35. The molecule has 0 aromatic rings. The molecule has 10 heteroatoms. The maximum Gasteiger partial charge on any atom is 0.341 e. The van der Waals surface area contributed by atoms with E-state index >= 15 is 0 Å². The lowest BCUT2D eigenvalue weighted by Crippen LogP contribution is -2.62. The Kier molecular flexibility index (Phi) is 7.10. The van der Waals surface area contributed by atoms with Crippen molar-refractivity contribution < 1.29 is 43.0 Å². The van der Waals surface area contributed by atoms with E-state index in [0.29, 0.717) is 0 Å². The van der Waals surface area contributed by atoms with Crippen LogP contribution >= 0.6 is 0 Å². The molecule has 1 rings (SSSR count). The summed E-state index contributed by atoms with van der Waals surface area (Å²) < 4.78 is 19.6. The van der Waals surface area contributed by atoms with Gasteiger partial charge >= 0.3 is 23.9 Å². The molecule has 2 atom stereocenters. The Hall–Kier alpha value is -2.20. The van der Waals surface area contributed by atoms with Gasteiger partial charge in [-0.2, -0.15) is 5.06 Å². The number of hydrogen-bond donors (Lipinski definition) is 0. The van der Waals surface area contributed by atoms with Crippen LogP contribution < -0.4 is 0 Å². The predicted octanol–water partition coefficient (Wildman–Crippen LogP) is -0.164. The maximum atomic E-state index is 12.7. The summed E-state index contributed by atoms with van der Waals surface area (Å²) in [6.07, 6.45) is -2.67. The summed E-state index contributed by atoms with van der Waals surface area (Å²) in [5.41, 5.74) is -2.35. The van der Waals surface area contributed by atoms with Crippen LogP contribution in [0.15, 0.2) is 0 Å². The minimum Gasteiger partial charge on any atom is -0.467 e. The van der Waals surface area contributed by atoms with Crippen LogP contribution in [0, 0.1) is 5.92 Å². The summed E-state index contributed by atoms with van der Waals surface area (Å²) in [6.45, 7) is 6.37. The maximum absolute atomic E-state index is 12.7. The van der Waals surface area contributed by atoms with Gasteiger partial charge in [-0.3, -0.25) is 9.63 Å². The first-order valence-corrected chi connectivity index (χ1v) is 8.02. The first kappa shape index (κ1) is 21.8. The molecule has 10 nitrogen and oxygen atoms in total. The second-order valence-corrected chi connectivity index (χ2v) is 6.22. The van der Waals surface area contributed by atoms with Gasteiger partial charge in [0.1, 0.15) is 5.92 Å². The third kappa shape index (κ3) is 3.80. The van der Waals surface area contributed by atoms with Crippen molar-refractivity contribution in [1.82, 2.24) is 5.06 Å². The Labute approximate surface area is 151 Å². The third-order valence-electron chi connectivity index (χ3n) is 3.70. The lowest BCUT2D eigenvalue weighted by Gasteiger charge is -2.31. The van der Waals surface area contributed by atoms with E-state index in [0.717, 1.165) is 19.3 Å². The van der Waals surface area contributed by atoms with E-state index in [2.05, 4.69) is 0 Å². The van der Waals surface area contributed by atoms with Gasteiger partial charge in [0.15, 0.2) is 6.10 Å². The van der Waals surface area contributed by atoms with Gasteiger partial charge in [-0.15, -0.1) is 0 Å². The van der Waals surface area contributed by atoms with E-state index < -0.39 is 53.6 Å². The second-order valence-electron chi connectivity index (χ2n) is 6.22. The molecule has 1 aliphatic heterocycles. The van der Waals surface area contributed by atoms with Crippen molar-refractivity contribution in [2.24, 2.45) is 5.92 Å². The molecule has 0 bridgehead atoms. The highest BCUT2D eigenvalue weighted by Gasteiger charge is 2.71. The lowest BCUT2D eigenvalue weighted by molar-refractivity contribution is -0.209. The molecule has 0 aliphatic carbocycles. The molecule has 0 spiro atoms. The van der Waals surface area contributed by atoms with E-state index in [-0.39, 0.29) is 0 Å². The van der Waals surface area contributed by atoms with Crippen LogP contribution in [0.2, 0.25) is 0 Å². The molecule has 1 heterocycles. The summed E-state index contributed by atoms with van der Waals surface area (Å²) in [4.78, 5) is 55.6. The molecule has 0 amide bonds. The number of hydroxylamine groups is 2. The summed E-state index contributed by atoms with van der Waals surface area (Å²) in [5, 5.41) is 0.781. The summed E-state index contributed by atoms with van der Waals surface area (Å²) in [7, 11) is 3.28. The number of nitrogens with zero attached hydrogens (tertiary/aromatic N) is 1. The van der Waals surface area contributed by atoms with Crippen molar-refractivity contribution in [2.45, 2.75) is 51.5 Å². The fourth-order valence-electron chi connectivity index (χ4n) is 2.71. The van der Waals surface area contributed by atoms with Crippen molar-refractivity contribution in [1.29, 1.82) is 0 Å². The van der Waals surface area contributed by atoms with Crippen LogP contribution in [0.1, 0.15) is 27.7 Å². The van der Waals surface area contributed by atoms with E-state index in [1.165, 1.54) is 7.05 Å². The molecule has 1 aliphatic rings. The smallest absolute Gasteiger partial charge is 0.341 e. The first-order valence-electron chi connectivity index (χ1n) is 8.02.